The highest BCUT2D eigenvalue weighted by Gasteiger charge is 2.28. The molecule has 0 saturated heterocycles. The number of carbonyl (C=O) groups is 1. The van der Waals surface area contributed by atoms with E-state index in [1.807, 2.05) is 50.5 Å². The number of thioether (sulfide) groups is 1. The second kappa shape index (κ2) is 7.60. The number of likely N-dealkylation sites (N-methyl/N-ethyl adjacent to an activating group) is 1. The summed E-state index contributed by atoms with van der Waals surface area (Å²) in [6.07, 6.45) is 0.797. The zero-order chi connectivity index (χ0) is 17.1. The van der Waals surface area contributed by atoms with Crippen molar-refractivity contribution in [1.82, 2.24) is 10.2 Å². The minimum absolute atomic E-state index is 0.0449. The molecule has 2 aromatic carbocycles. The number of nitrogens with zero attached hydrogens (tertiary/aromatic N) is 1. The average Bonchev–Trinajstić information content (AvgIpc) is 3.00. The molecular formula is C19H21ClN2OS. The molecule has 3 rings (SSSR count). The predicted octanol–water partition coefficient (Wildman–Crippen LogP) is 3.78. The summed E-state index contributed by atoms with van der Waals surface area (Å²) in [5.74, 6) is 0.0927. The first-order valence-corrected chi connectivity index (χ1v) is 9.25. The largest absolute Gasteiger partial charge is 0.353 e. The molecule has 0 aromatic heterocycles. The first-order valence-electron chi connectivity index (χ1n) is 7.99. The summed E-state index contributed by atoms with van der Waals surface area (Å²) in [6.45, 7) is 0.545. The second-order valence-corrected chi connectivity index (χ2v) is 7.82. The topological polar surface area (TPSA) is 32.3 Å². The van der Waals surface area contributed by atoms with Gasteiger partial charge in [-0.1, -0.05) is 48.0 Å². The number of hydrogen-bond donors (Lipinski definition) is 1. The molecule has 1 heterocycles. The molecule has 126 valence electrons. The van der Waals surface area contributed by atoms with Crippen LogP contribution in [0.5, 0.6) is 0 Å². The molecule has 24 heavy (non-hydrogen) atoms. The molecule has 0 bridgehead atoms. The van der Waals surface area contributed by atoms with Gasteiger partial charge >= 0.3 is 0 Å². The van der Waals surface area contributed by atoms with E-state index in [0.29, 0.717) is 6.54 Å². The van der Waals surface area contributed by atoms with Gasteiger partial charge in [0.1, 0.15) is 0 Å². The molecule has 1 aliphatic heterocycles. The number of amides is 1. The van der Waals surface area contributed by atoms with Crippen LogP contribution in [0.1, 0.15) is 17.2 Å². The van der Waals surface area contributed by atoms with Gasteiger partial charge in [-0.05, 0) is 43.8 Å². The third kappa shape index (κ3) is 3.77. The predicted molar refractivity (Wildman–Crippen MR) is 101 cm³/mol. The van der Waals surface area contributed by atoms with Crippen LogP contribution in [-0.2, 0) is 11.2 Å². The highest BCUT2D eigenvalue weighted by atomic mass is 35.5. The molecule has 5 heteroatoms. The van der Waals surface area contributed by atoms with Crippen molar-refractivity contribution in [3.8, 4) is 0 Å². The van der Waals surface area contributed by atoms with Crippen LogP contribution < -0.4 is 5.32 Å². The van der Waals surface area contributed by atoms with Crippen molar-refractivity contribution in [2.24, 2.45) is 0 Å². The van der Waals surface area contributed by atoms with E-state index >= 15 is 0 Å². The number of benzene rings is 2. The summed E-state index contributed by atoms with van der Waals surface area (Å²) < 4.78 is 0. The van der Waals surface area contributed by atoms with Crippen LogP contribution in [0.2, 0.25) is 5.02 Å². The quantitative estimate of drug-likeness (QED) is 0.880. The van der Waals surface area contributed by atoms with Crippen molar-refractivity contribution < 1.29 is 4.79 Å². The van der Waals surface area contributed by atoms with Crippen molar-refractivity contribution in [1.29, 1.82) is 0 Å². The number of nitrogens with one attached hydrogen (secondary N) is 1. The van der Waals surface area contributed by atoms with Crippen LogP contribution >= 0.6 is 23.4 Å². The average molecular weight is 361 g/mol. The Morgan fingerprint density at radius 2 is 1.96 bits per heavy atom. The molecule has 3 nitrogen and oxygen atoms in total. The summed E-state index contributed by atoms with van der Waals surface area (Å²) in [7, 11) is 4.00. The molecule has 2 aromatic rings. The molecule has 0 aliphatic carbocycles. The van der Waals surface area contributed by atoms with E-state index in [9.17, 15) is 4.79 Å². The van der Waals surface area contributed by atoms with Gasteiger partial charge in [0.2, 0.25) is 5.91 Å². The summed E-state index contributed by atoms with van der Waals surface area (Å²) >= 11 is 7.97. The zero-order valence-electron chi connectivity index (χ0n) is 13.8. The van der Waals surface area contributed by atoms with Crippen LogP contribution in [-0.4, -0.2) is 36.7 Å². The molecule has 2 atom stereocenters. The van der Waals surface area contributed by atoms with E-state index in [4.69, 9.17) is 11.6 Å². The lowest BCUT2D eigenvalue weighted by atomic mass is 10.1. The molecule has 1 aliphatic rings. The fraction of sp³-hybridized carbons (Fsp3) is 0.316. The Hall–Kier alpha value is -1.49. The minimum Gasteiger partial charge on any atom is -0.353 e. The van der Waals surface area contributed by atoms with Crippen molar-refractivity contribution in [3.05, 3.63) is 64.7 Å². The number of carbonyl (C=O) groups excluding carboxylic acids is 1. The van der Waals surface area contributed by atoms with Crippen molar-refractivity contribution in [3.63, 3.8) is 0 Å². The van der Waals surface area contributed by atoms with E-state index < -0.39 is 0 Å². The van der Waals surface area contributed by atoms with Crippen LogP contribution in [0.15, 0.2) is 53.4 Å². The van der Waals surface area contributed by atoms with Crippen molar-refractivity contribution in [2.45, 2.75) is 22.6 Å². The number of fused-ring (bicyclic) bond motifs is 1. The minimum atomic E-state index is -0.0449. The maximum absolute atomic E-state index is 12.6. The second-order valence-electron chi connectivity index (χ2n) is 6.16. The van der Waals surface area contributed by atoms with Gasteiger partial charge in [0.05, 0.1) is 11.3 Å². The summed E-state index contributed by atoms with van der Waals surface area (Å²) in [5.41, 5.74) is 2.30. The van der Waals surface area contributed by atoms with E-state index in [0.717, 1.165) is 17.0 Å². The molecule has 1 amide bonds. The van der Waals surface area contributed by atoms with Crippen LogP contribution in [0, 0.1) is 0 Å². The van der Waals surface area contributed by atoms with Gasteiger partial charge in [-0.25, -0.2) is 0 Å². The monoisotopic (exact) mass is 360 g/mol. The first kappa shape index (κ1) is 17.3. The highest BCUT2D eigenvalue weighted by molar-refractivity contribution is 8.01. The molecule has 0 saturated carbocycles. The number of rotatable bonds is 5. The molecule has 0 fully saturated rings. The Labute approximate surface area is 152 Å². The summed E-state index contributed by atoms with van der Waals surface area (Å²) in [5, 5.41) is 3.79. The van der Waals surface area contributed by atoms with Crippen LogP contribution in [0.3, 0.4) is 0 Å². The number of hydrogen-bond acceptors (Lipinski definition) is 3. The van der Waals surface area contributed by atoms with E-state index in [2.05, 4.69) is 22.3 Å². The van der Waals surface area contributed by atoms with Crippen molar-refractivity contribution in [2.75, 3.05) is 20.6 Å². The Balaban J connectivity index is 1.64. The Bertz CT molecular complexity index is 710. The zero-order valence-corrected chi connectivity index (χ0v) is 15.4. The van der Waals surface area contributed by atoms with E-state index in [1.165, 1.54) is 10.5 Å². The first-order chi connectivity index (χ1) is 11.6. The Morgan fingerprint density at radius 1 is 1.25 bits per heavy atom. The molecule has 0 spiro atoms. The fourth-order valence-corrected chi connectivity index (χ4v) is 4.44. The summed E-state index contributed by atoms with van der Waals surface area (Å²) in [4.78, 5) is 15.9. The fourth-order valence-electron chi connectivity index (χ4n) is 2.96. The SMILES string of the molecule is CN(C)C(CNC(=O)C1Cc2ccccc2S1)c1ccccc1Cl. The van der Waals surface area contributed by atoms with Crippen LogP contribution in [0.25, 0.3) is 0 Å². The van der Waals surface area contributed by atoms with Gasteiger partial charge in [-0.15, -0.1) is 11.8 Å². The molecular weight excluding hydrogens is 340 g/mol. The molecule has 0 radical (unpaired) electrons. The number of halogens is 1. The molecule has 1 N–H and O–H groups in total. The molecule has 2 unspecified atom stereocenters. The lowest BCUT2D eigenvalue weighted by Crippen LogP contribution is -2.38. The standard InChI is InChI=1S/C19H21ClN2OS/c1-22(2)16(14-8-4-5-9-15(14)20)12-21-19(23)18-11-13-7-3-6-10-17(13)24-18/h3-10,16,18H,11-12H2,1-2H3,(H,21,23). The lowest BCUT2D eigenvalue weighted by Gasteiger charge is -2.26. The maximum Gasteiger partial charge on any atom is 0.233 e. The Morgan fingerprint density at radius 3 is 2.67 bits per heavy atom. The van der Waals surface area contributed by atoms with Crippen molar-refractivity contribution >= 4 is 29.3 Å². The third-order valence-electron chi connectivity index (χ3n) is 4.30. The van der Waals surface area contributed by atoms with E-state index in [-0.39, 0.29) is 17.2 Å². The van der Waals surface area contributed by atoms with Gasteiger partial charge in [0.25, 0.3) is 0 Å². The van der Waals surface area contributed by atoms with Gasteiger partial charge in [0.15, 0.2) is 0 Å². The maximum atomic E-state index is 12.6. The van der Waals surface area contributed by atoms with Crippen LogP contribution in [0.4, 0.5) is 0 Å². The smallest absolute Gasteiger partial charge is 0.233 e. The van der Waals surface area contributed by atoms with Gasteiger partial charge < -0.3 is 10.2 Å². The Kier molecular flexibility index (Phi) is 5.49. The van der Waals surface area contributed by atoms with Gasteiger partial charge in [0, 0.05) is 16.5 Å². The normalized spacial score (nSPS) is 17.6. The lowest BCUT2D eigenvalue weighted by molar-refractivity contribution is -0.120. The van der Waals surface area contributed by atoms with E-state index in [1.54, 1.807) is 11.8 Å². The van der Waals surface area contributed by atoms with Gasteiger partial charge in [-0.2, -0.15) is 0 Å². The summed E-state index contributed by atoms with van der Waals surface area (Å²) in [6, 6.07) is 16.1. The highest BCUT2D eigenvalue weighted by Crippen LogP contribution is 2.36. The third-order valence-corrected chi connectivity index (χ3v) is 5.96. The van der Waals surface area contributed by atoms with Gasteiger partial charge in [-0.3, -0.25) is 4.79 Å².